The number of urea groups is 1. The molecule has 132 valence electrons. The molecule has 2 saturated heterocycles. The summed E-state index contributed by atoms with van der Waals surface area (Å²) >= 11 is 1.91. The number of hydrogen-bond acceptors (Lipinski definition) is 4. The first-order valence-electron chi connectivity index (χ1n) is 7.96. The number of anilines is 2. The summed E-state index contributed by atoms with van der Waals surface area (Å²) in [4.78, 5) is 23.3. The zero-order valence-corrected chi connectivity index (χ0v) is 14.9. The van der Waals surface area contributed by atoms with Crippen LogP contribution in [0.2, 0.25) is 0 Å². The van der Waals surface area contributed by atoms with Gasteiger partial charge in [0.2, 0.25) is 5.91 Å². The number of nitrogens with two attached hydrogens (primary N) is 1. The van der Waals surface area contributed by atoms with Gasteiger partial charge in [0.15, 0.2) is 0 Å². The minimum atomic E-state index is -0.0508. The number of carbonyl (C=O) groups excluding carboxylic acids is 2. The molecule has 2 aliphatic rings. The second kappa shape index (κ2) is 8.48. The highest BCUT2D eigenvalue weighted by atomic mass is 35.5. The molecule has 3 rings (SSSR count). The lowest BCUT2D eigenvalue weighted by Crippen LogP contribution is -2.36. The normalized spacial score (nSPS) is 24.5. The quantitative estimate of drug-likeness (QED) is 0.351. The Bertz CT molecular complexity index is 601. The van der Waals surface area contributed by atoms with E-state index in [1.54, 1.807) is 12.1 Å². The summed E-state index contributed by atoms with van der Waals surface area (Å²) in [6.45, 7) is 0. The fourth-order valence-corrected chi connectivity index (χ4v) is 4.64. The van der Waals surface area contributed by atoms with E-state index in [2.05, 4.69) is 16.0 Å². The second-order valence-corrected chi connectivity index (χ2v) is 7.28. The molecular formula is C16H23ClN4O2S. The van der Waals surface area contributed by atoms with Crippen LogP contribution in [0.25, 0.3) is 0 Å². The monoisotopic (exact) mass is 370 g/mol. The van der Waals surface area contributed by atoms with Gasteiger partial charge in [0.1, 0.15) is 0 Å². The molecule has 0 radical (unpaired) electrons. The number of carbonyl (C=O) groups is 2. The Morgan fingerprint density at radius 3 is 2.88 bits per heavy atom. The Labute approximate surface area is 152 Å². The van der Waals surface area contributed by atoms with Crippen molar-refractivity contribution in [3.05, 3.63) is 24.3 Å². The van der Waals surface area contributed by atoms with Crippen molar-refractivity contribution in [2.45, 2.75) is 43.0 Å². The van der Waals surface area contributed by atoms with E-state index >= 15 is 0 Å². The summed E-state index contributed by atoms with van der Waals surface area (Å²) in [5.74, 6) is 0.970. The van der Waals surface area contributed by atoms with Crippen molar-refractivity contribution >= 4 is 47.5 Å². The third-order valence-corrected chi connectivity index (χ3v) is 5.82. The van der Waals surface area contributed by atoms with Crippen molar-refractivity contribution in [3.63, 3.8) is 0 Å². The molecule has 0 spiro atoms. The zero-order chi connectivity index (χ0) is 16.2. The maximum atomic E-state index is 11.9. The molecule has 2 heterocycles. The number of para-hydroxylation sites is 2. The lowest BCUT2D eigenvalue weighted by atomic mass is 10.0. The zero-order valence-electron chi connectivity index (χ0n) is 13.3. The van der Waals surface area contributed by atoms with Gasteiger partial charge in [-0.25, -0.2) is 4.79 Å². The number of thioether (sulfide) groups is 1. The van der Waals surface area contributed by atoms with Crippen molar-refractivity contribution in [2.75, 3.05) is 16.8 Å². The summed E-state index contributed by atoms with van der Waals surface area (Å²) in [6, 6.07) is 7.72. The van der Waals surface area contributed by atoms with Gasteiger partial charge in [-0.05, 0) is 25.0 Å². The van der Waals surface area contributed by atoms with Gasteiger partial charge in [-0.3, -0.25) is 4.79 Å². The average molecular weight is 371 g/mol. The molecule has 2 aliphatic heterocycles. The summed E-state index contributed by atoms with van der Waals surface area (Å²) in [5.41, 5.74) is 7.06. The van der Waals surface area contributed by atoms with E-state index in [9.17, 15) is 9.59 Å². The van der Waals surface area contributed by atoms with Gasteiger partial charge in [-0.1, -0.05) is 18.6 Å². The topological polar surface area (TPSA) is 96.2 Å². The van der Waals surface area contributed by atoms with Gasteiger partial charge in [0, 0.05) is 17.4 Å². The van der Waals surface area contributed by atoms with Crippen LogP contribution >= 0.6 is 24.2 Å². The first-order valence-corrected chi connectivity index (χ1v) is 9.01. The molecule has 5 N–H and O–H groups in total. The molecular weight excluding hydrogens is 348 g/mol. The first-order chi connectivity index (χ1) is 11.1. The average Bonchev–Trinajstić information content (AvgIpc) is 3.06. The van der Waals surface area contributed by atoms with E-state index in [0.717, 1.165) is 25.0 Å². The maximum Gasteiger partial charge on any atom is 0.315 e. The Morgan fingerprint density at radius 2 is 2.08 bits per heavy atom. The summed E-state index contributed by atoms with van der Waals surface area (Å²) in [5, 5.41) is 9.23. The summed E-state index contributed by atoms with van der Waals surface area (Å²) in [6.07, 6.45) is 3.34. The molecule has 0 unspecified atom stereocenters. The first kappa shape index (κ1) is 18.7. The maximum absolute atomic E-state index is 11.9. The number of amides is 3. The van der Waals surface area contributed by atoms with E-state index in [1.165, 1.54) is 0 Å². The highest BCUT2D eigenvalue weighted by molar-refractivity contribution is 8.00. The van der Waals surface area contributed by atoms with Crippen molar-refractivity contribution in [3.8, 4) is 0 Å². The van der Waals surface area contributed by atoms with Gasteiger partial charge in [-0.15, -0.1) is 12.4 Å². The van der Waals surface area contributed by atoms with E-state index in [1.807, 2.05) is 23.9 Å². The predicted octanol–water partition coefficient (Wildman–Crippen LogP) is 2.35. The fraction of sp³-hybridized carbons (Fsp3) is 0.500. The molecule has 6 nitrogen and oxygen atoms in total. The van der Waals surface area contributed by atoms with Gasteiger partial charge in [0.25, 0.3) is 0 Å². The molecule has 1 aromatic rings. The molecule has 3 atom stereocenters. The standard InChI is InChI=1S/C16H22N4O2S.ClH/c17-10-5-1-2-6-11(10)18-14(21)8-4-3-7-13-15-12(9-23-13)19-16(22)20-15;/h1-2,5-6,12-13,15H,3-4,7-9,17H2,(H,18,21)(H2,19,20,22);1H/t12-,13-,15-;/m0./s1. The molecule has 0 aromatic heterocycles. The highest BCUT2D eigenvalue weighted by Crippen LogP contribution is 2.33. The number of benzene rings is 1. The van der Waals surface area contributed by atoms with Crippen molar-refractivity contribution in [1.82, 2.24) is 10.6 Å². The minimum absolute atomic E-state index is 0. The van der Waals surface area contributed by atoms with Crippen LogP contribution in [-0.2, 0) is 4.79 Å². The van der Waals surface area contributed by atoms with Crippen LogP contribution in [0.3, 0.4) is 0 Å². The number of nitrogen functional groups attached to an aromatic ring is 1. The Hall–Kier alpha value is -1.60. The number of unbranched alkanes of at least 4 members (excludes halogenated alkanes) is 1. The van der Waals surface area contributed by atoms with Crippen LogP contribution in [-0.4, -0.2) is 35.0 Å². The molecule has 0 saturated carbocycles. The molecule has 0 aliphatic carbocycles. The fourth-order valence-electron chi connectivity index (χ4n) is 3.10. The number of hydrogen-bond donors (Lipinski definition) is 4. The number of nitrogens with one attached hydrogen (secondary N) is 3. The lowest BCUT2D eigenvalue weighted by molar-refractivity contribution is -0.116. The van der Waals surface area contributed by atoms with Crippen LogP contribution in [0.1, 0.15) is 25.7 Å². The smallest absolute Gasteiger partial charge is 0.315 e. The molecule has 8 heteroatoms. The second-order valence-electron chi connectivity index (χ2n) is 6.00. The van der Waals surface area contributed by atoms with Crippen molar-refractivity contribution in [1.29, 1.82) is 0 Å². The number of fused-ring (bicyclic) bond motifs is 1. The largest absolute Gasteiger partial charge is 0.397 e. The summed E-state index contributed by atoms with van der Waals surface area (Å²) < 4.78 is 0. The van der Waals surface area contributed by atoms with Crippen LogP contribution < -0.4 is 21.7 Å². The van der Waals surface area contributed by atoms with Crippen LogP contribution in [0.15, 0.2) is 24.3 Å². The third-order valence-electron chi connectivity index (χ3n) is 4.32. The van der Waals surface area contributed by atoms with E-state index in [0.29, 0.717) is 23.0 Å². The number of halogens is 1. The Balaban J connectivity index is 0.00000208. The third kappa shape index (κ3) is 4.48. The molecule has 2 fully saturated rings. The van der Waals surface area contributed by atoms with Crippen LogP contribution in [0.5, 0.6) is 0 Å². The SMILES string of the molecule is Cl.Nc1ccccc1NC(=O)CCCC[C@@H]1SC[C@@H]2NC(=O)N[C@@H]21. The van der Waals surface area contributed by atoms with Crippen molar-refractivity contribution in [2.24, 2.45) is 0 Å². The van der Waals surface area contributed by atoms with E-state index in [-0.39, 0.29) is 36.4 Å². The lowest BCUT2D eigenvalue weighted by Gasteiger charge is -2.16. The van der Waals surface area contributed by atoms with Crippen LogP contribution in [0, 0.1) is 0 Å². The molecule has 3 amide bonds. The Morgan fingerprint density at radius 1 is 1.29 bits per heavy atom. The van der Waals surface area contributed by atoms with E-state index < -0.39 is 0 Å². The van der Waals surface area contributed by atoms with Crippen molar-refractivity contribution < 1.29 is 9.59 Å². The molecule has 1 aromatic carbocycles. The van der Waals surface area contributed by atoms with E-state index in [4.69, 9.17) is 5.73 Å². The van der Waals surface area contributed by atoms with Crippen LogP contribution in [0.4, 0.5) is 16.2 Å². The molecule has 24 heavy (non-hydrogen) atoms. The predicted molar refractivity (Wildman–Crippen MR) is 101 cm³/mol. The highest BCUT2D eigenvalue weighted by Gasteiger charge is 2.42. The molecule has 0 bridgehead atoms. The summed E-state index contributed by atoms with van der Waals surface area (Å²) in [7, 11) is 0. The van der Waals surface area contributed by atoms with Gasteiger partial charge in [-0.2, -0.15) is 11.8 Å². The van der Waals surface area contributed by atoms with Gasteiger partial charge in [0.05, 0.1) is 23.5 Å². The minimum Gasteiger partial charge on any atom is -0.397 e. The number of rotatable bonds is 6. The Kier molecular flexibility index (Phi) is 6.62. The van der Waals surface area contributed by atoms with Gasteiger partial charge >= 0.3 is 6.03 Å². The van der Waals surface area contributed by atoms with Gasteiger partial charge < -0.3 is 21.7 Å².